The maximum absolute atomic E-state index is 12.6. The molecular weight excluding hydrogens is 446 g/mol. The number of aromatic nitrogens is 4. The summed E-state index contributed by atoms with van der Waals surface area (Å²) in [6.07, 6.45) is -0.232. The van der Waals surface area contributed by atoms with Crippen LogP contribution in [0, 0.1) is 5.92 Å². The predicted molar refractivity (Wildman–Crippen MR) is 123 cm³/mol. The lowest BCUT2D eigenvalue weighted by molar-refractivity contribution is -0.185. The molecular formula is C21H33N5O6Si. The van der Waals surface area contributed by atoms with E-state index >= 15 is 0 Å². The highest BCUT2D eigenvalue weighted by Gasteiger charge is 2.64. The van der Waals surface area contributed by atoms with Gasteiger partial charge in [0, 0.05) is 5.92 Å². The van der Waals surface area contributed by atoms with Crippen LogP contribution < -0.4 is 10.9 Å². The normalized spacial score (nSPS) is 27.6. The summed E-state index contributed by atoms with van der Waals surface area (Å²) in [5, 5.41) is 12.8. The van der Waals surface area contributed by atoms with E-state index in [2.05, 4.69) is 54.1 Å². The Kier molecular flexibility index (Phi) is 5.81. The van der Waals surface area contributed by atoms with E-state index in [0.29, 0.717) is 0 Å². The van der Waals surface area contributed by atoms with Crippen LogP contribution in [0.1, 0.15) is 40.8 Å². The molecule has 3 N–H and O–H groups in total. The van der Waals surface area contributed by atoms with E-state index in [1.165, 1.54) is 6.33 Å². The molecule has 2 fully saturated rings. The topological polar surface area (TPSA) is 141 Å². The first kappa shape index (κ1) is 24.0. The van der Waals surface area contributed by atoms with Crippen LogP contribution in [-0.4, -0.2) is 69.9 Å². The number of anilines is 1. The molecule has 11 nitrogen and oxygen atoms in total. The van der Waals surface area contributed by atoms with Crippen LogP contribution in [-0.2, 0) is 18.7 Å². The number of hydrogen-bond acceptors (Lipinski definition) is 8. The Labute approximate surface area is 193 Å². The third-order valence-corrected chi connectivity index (χ3v) is 11.4. The van der Waals surface area contributed by atoms with Crippen molar-refractivity contribution in [2.24, 2.45) is 5.92 Å². The molecule has 2 saturated heterocycles. The van der Waals surface area contributed by atoms with E-state index in [1.807, 2.05) is 0 Å². The number of rotatable bonds is 6. The van der Waals surface area contributed by atoms with Gasteiger partial charge in [0.1, 0.15) is 17.8 Å². The van der Waals surface area contributed by atoms with Crippen molar-refractivity contribution < 1.29 is 23.8 Å². The summed E-state index contributed by atoms with van der Waals surface area (Å²) in [6, 6.07) is 0. The number of hydrogen-bond donors (Lipinski definition) is 3. The fourth-order valence-electron chi connectivity index (χ4n) is 3.84. The molecule has 0 radical (unpaired) electrons. The minimum atomic E-state index is -2.21. The maximum Gasteiger partial charge on any atom is 0.280 e. The Morgan fingerprint density at radius 1 is 1.45 bits per heavy atom. The van der Waals surface area contributed by atoms with Crippen molar-refractivity contribution in [3.8, 4) is 0 Å². The van der Waals surface area contributed by atoms with Gasteiger partial charge in [0.15, 0.2) is 25.7 Å². The molecule has 0 saturated carbocycles. The zero-order valence-electron chi connectivity index (χ0n) is 20.1. The number of aliphatic hydroxyl groups is 1. The van der Waals surface area contributed by atoms with Crippen LogP contribution in [0.5, 0.6) is 0 Å². The molecule has 12 heteroatoms. The second-order valence-corrected chi connectivity index (χ2v) is 15.4. The Morgan fingerprint density at radius 3 is 2.76 bits per heavy atom. The van der Waals surface area contributed by atoms with Gasteiger partial charge in [-0.3, -0.25) is 24.5 Å². The lowest BCUT2D eigenvalue weighted by Crippen LogP contribution is -2.52. The van der Waals surface area contributed by atoms with E-state index < -0.39 is 37.9 Å². The zero-order chi connectivity index (χ0) is 24.3. The van der Waals surface area contributed by atoms with E-state index in [0.717, 1.165) is 0 Å². The quantitative estimate of drug-likeness (QED) is 0.533. The first-order chi connectivity index (χ1) is 15.3. The number of carbonyl (C=O) groups excluding carboxylic acids is 1. The zero-order valence-corrected chi connectivity index (χ0v) is 21.1. The van der Waals surface area contributed by atoms with Crippen molar-refractivity contribution in [3.63, 3.8) is 0 Å². The second-order valence-electron chi connectivity index (χ2n) is 10.7. The van der Waals surface area contributed by atoms with Crippen molar-refractivity contribution in [1.29, 1.82) is 0 Å². The van der Waals surface area contributed by atoms with Crippen molar-refractivity contribution >= 4 is 31.3 Å². The maximum atomic E-state index is 12.6. The van der Waals surface area contributed by atoms with E-state index in [1.54, 1.807) is 18.4 Å². The summed E-state index contributed by atoms with van der Waals surface area (Å²) in [5.74, 6) is -0.524. The van der Waals surface area contributed by atoms with Crippen molar-refractivity contribution in [2.75, 3.05) is 18.5 Å². The van der Waals surface area contributed by atoms with E-state index in [-0.39, 0.29) is 47.2 Å². The minimum absolute atomic E-state index is 0.0305. The lowest BCUT2D eigenvalue weighted by Gasteiger charge is -2.40. The van der Waals surface area contributed by atoms with Gasteiger partial charge in [0.2, 0.25) is 11.9 Å². The number of carbonyl (C=O) groups is 1. The van der Waals surface area contributed by atoms with Crippen molar-refractivity contribution in [2.45, 2.75) is 76.8 Å². The number of aliphatic hydroxyl groups excluding tert-OH is 1. The van der Waals surface area contributed by atoms with Crippen LogP contribution in [0.25, 0.3) is 11.2 Å². The summed E-state index contributed by atoms with van der Waals surface area (Å²) >= 11 is 0. The molecule has 2 aromatic heterocycles. The van der Waals surface area contributed by atoms with E-state index in [4.69, 9.17) is 13.9 Å². The summed E-state index contributed by atoms with van der Waals surface area (Å²) in [6.45, 7) is 14.1. The Hall–Kier alpha value is -2.12. The molecule has 4 atom stereocenters. The number of nitrogens with one attached hydrogen (secondary N) is 2. The third kappa shape index (κ3) is 3.93. The number of fused-ring (bicyclic) bond motifs is 3. The van der Waals surface area contributed by atoms with Crippen molar-refractivity contribution in [1.82, 2.24) is 19.5 Å². The molecule has 0 aliphatic carbocycles. The molecule has 2 aromatic rings. The molecule has 1 amide bonds. The largest absolute Gasteiger partial charge is 0.408 e. The molecule has 1 unspecified atom stereocenters. The number of imidazole rings is 1. The van der Waals surface area contributed by atoms with Gasteiger partial charge < -0.3 is 19.0 Å². The fraction of sp³-hybridized carbons (Fsp3) is 0.714. The highest BCUT2D eigenvalue weighted by Crippen LogP contribution is 2.50. The highest BCUT2D eigenvalue weighted by molar-refractivity contribution is 6.74. The van der Waals surface area contributed by atoms with Crippen molar-refractivity contribution in [3.05, 3.63) is 16.7 Å². The fourth-order valence-corrected chi connectivity index (χ4v) is 5.17. The van der Waals surface area contributed by atoms with Crippen LogP contribution in [0.15, 0.2) is 11.1 Å². The summed E-state index contributed by atoms with van der Waals surface area (Å²) in [5.41, 5.74) is -1.13. The van der Waals surface area contributed by atoms with Crippen LogP contribution in [0.3, 0.4) is 0 Å². The Bertz CT molecular complexity index is 1120. The van der Waals surface area contributed by atoms with Crippen LogP contribution >= 0.6 is 0 Å². The minimum Gasteiger partial charge on any atom is -0.408 e. The standard InChI is InChI=1S/C21H33N5O6Si/c1-11(2)16(28)24-19-23-15-12(17(29)25-19)22-10-26(15)18-13-14(21(8-27,31-18)9-30-13)32-33(6,7)20(3,4)5/h10-11,13-14,18,27H,8-9H2,1-7H3,(H2,23,24,25,28,29)/t13-,14?,18+,21-/m0/s1. The molecule has 0 spiro atoms. The highest BCUT2D eigenvalue weighted by atomic mass is 28.4. The number of ether oxygens (including phenoxy) is 2. The molecule has 2 bridgehead atoms. The van der Waals surface area contributed by atoms with Gasteiger partial charge in [-0.2, -0.15) is 4.98 Å². The van der Waals surface area contributed by atoms with Gasteiger partial charge in [0.05, 0.1) is 19.5 Å². The monoisotopic (exact) mass is 479 g/mol. The molecule has 2 aliphatic rings. The van der Waals surface area contributed by atoms with Crippen LogP contribution in [0.2, 0.25) is 18.1 Å². The van der Waals surface area contributed by atoms with Gasteiger partial charge in [-0.05, 0) is 18.1 Å². The molecule has 182 valence electrons. The van der Waals surface area contributed by atoms with Gasteiger partial charge in [0.25, 0.3) is 5.56 Å². The average Bonchev–Trinajstić information content (AvgIpc) is 3.37. The lowest BCUT2D eigenvalue weighted by atomic mass is 10.0. The van der Waals surface area contributed by atoms with Gasteiger partial charge in [-0.1, -0.05) is 34.6 Å². The molecule has 4 heterocycles. The molecule has 33 heavy (non-hydrogen) atoms. The number of aromatic amines is 1. The van der Waals surface area contributed by atoms with Crippen LogP contribution in [0.4, 0.5) is 5.95 Å². The van der Waals surface area contributed by atoms with Gasteiger partial charge in [-0.15, -0.1) is 0 Å². The molecule has 0 aromatic carbocycles. The SMILES string of the molecule is CC(C)C(=O)Nc1nc2c(ncn2[C@@H]2O[C@@]3(CO)CO[C@H]2C3O[Si](C)(C)C(C)(C)C)c(=O)[nH]1. The number of amides is 1. The van der Waals surface area contributed by atoms with E-state index in [9.17, 15) is 14.7 Å². The van der Waals surface area contributed by atoms with Gasteiger partial charge >= 0.3 is 0 Å². The smallest absolute Gasteiger partial charge is 0.280 e. The molecule has 4 rings (SSSR count). The predicted octanol–water partition coefficient (Wildman–Crippen LogP) is 1.76. The second kappa shape index (κ2) is 7.98. The first-order valence-electron chi connectivity index (χ1n) is 11.2. The number of nitrogens with zero attached hydrogens (tertiary/aromatic N) is 3. The molecule has 2 aliphatic heterocycles. The summed E-state index contributed by atoms with van der Waals surface area (Å²) in [4.78, 5) is 35.8. The first-order valence-corrected chi connectivity index (χ1v) is 14.1. The average molecular weight is 480 g/mol. The number of H-pyrrole nitrogens is 1. The third-order valence-electron chi connectivity index (χ3n) is 6.94. The summed E-state index contributed by atoms with van der Waals surface area (Å²) < 4.78 is 20.6. The van der Waals surface area contributed by atoms with Gasteiger partial charge in [-0.25, -0.2) is 4.98 Å². The Balaban J connectivity index is 1.71. The summed E-state index contributed by atoms with van der Waals surface area (Å²) in [7, 11) is -2.21. The Morgan fingerprint density at radius 2 is 2.15 bits per heavy atom.